The van der Waals surface area contributed by atoms with Crippen LogP contribution in [0.5, 0.6) is 11.5 Å². The van der Waals surface area contributed by atoms with Crippen LogP contribution in [0.15, 0.2) is 12.1 Å². The zero-order chi connectivity index (χ0) is 19.9. The van der Waals surface area contributed by atoms with E-state index in [1.54, 1.807) is 20.1 Å². The Morgan fingerprint density at radius 1 is 1.30 bits per heavy atom. The number of rotatable bonds is 5. The van der Waals surface area contributed by atoms with Gasteiger partial charge in [0.05, 0.1) is 26.2 Å². The van der Waals surface area contributed by atoms with Gasteiger partial charge in [-0.2, -0.15) is 0 Å². The summed E-state index contributed by atoms with van der Waals surface area (Å²) >= 11 is 0. The Morgan fingerprint density at radius 3 is 2.52 bits per heavy atom. The first-order chi connectivity index (χ1) is 12.7. The quantitative estimate of drug-likeness (QED) is 0.541. The molecule has 2 aliphatic rings. The highest BCUT2D eigenvalue weighted by molar-refractivity contribution is 5.69. The van der Waals surface area contributed by atoms with E-state index in [-0.39, 0.29) is 6.42 Å². The van der Waals surface area contributed by atoms with Crippen LogP contribution in [0.2, 0.25) is 0 Å². The lowest BCUT2D eigenvalue weighted by Gasteiger charge is -2.52. The predicted molar refractivity (Wildman–Crippen MR) is 95.6 cm³/mol. The van der Waals surface area contributed by atoms with Crippen LogP contribution >= 0.6 is 0 Å². The van der Waals surface area contributed by atoms with Crippen LogP contribution in [0, 0.1) is 11.8 Å². The van der Waals surface area contributed by atoms with E-state index >= 15 is 0 Å². The maximum atomic E-state index is 11.2. The molecule has 2 aliphatic heterocycles. The van der Waals surface area contributed by atoms with Gasteiger partial charge in [-0.3, -0.25) is 9.69 Å². The Labute approximate surface area is 157 Å². The van der Waals surface area contributed by atoms with Crippen LogP contribution in [-0.2, 0) is 11.2 Å². The Bertz CT molecular complexity index is 720. The zero-order valence-electron chi connectivity index (χ0n) is 15.8. The molecule has 150 valence electrons. The molecule has 1 saturated heterocycles. The molecule has 3 unspecified atom stereocenters. The standard InChI is InChI=1S/C19H27NO7/c1-10(18(22)23)6-12-9-20-5-4-11-7-14(26-2)15(27-3)8-13(11)16(20)19(24,25)17(12)21/h7-8,10,12,16-17,21,24-25H,4-6,9H2,1-3H3,(H,22,23)/t10?,12-,16?,17?/m0/s1. The van der Waals surface area contributed by atoms with Gasteiger partial charge in [-0.25, -0.2) is 0 Å². The van der Waals surface area contributed by atoms with Crippen molar-refractivity contribution >= 4 is 5.97 Å². The van der Waals surface area contributed by atoms with E-state index in [1.807, 2.05) is 11.0 Å². The number of fused-ring (bicyclic) bond motifs is 3. The third kappa shape index (κ3) is 3.38. The highest BCUT2D eigenvalue weighted by Crippen LogP contribution is 2.47. The number of aliphatic hydroxyl groups is 3. The maximum Gasteiger partial charge on any atom is 0.306 e. The highest BCUT2D eigenvalue weighted by Gasteiger charge is 2.55. The first-order valence-electron chi connectivity index (χ1n) is 9.05. The molecule has 0 aromatic heterocycles. The highest BCUT2D eigenvalue weighted by atomic mass is 16.5. The summed E-state index contributed by atoms with van der Waals surface area (Å²) in [6.07, 6.45) is -0.611. The normalized spacial score (nSPS) is 28.0. The lowest BCUT2D eigenvalue weighted by molar-refractivity contribution is -0.298. The Balaban J connectivity index is 1.96. The van der Waals surface area contributed by atoms with Crippen molar-refractivity contribution in [3.05, 3.63) is 23.3 Å². The molecule has 4 N–H and O–H groups in total. The van der Waals surface area contributed by atoms with Gasteiger partial charge in [0.15, 0.2) is 11.5 Å². The molecular formula is C19H27NO7. The molecule has 27 heavy (non-hydrogen) atoms. The Morgan fingerprint density at radius 2 is 1.93 bits per heavy atom. The fourth-order valence-electron chi connectivity index (χ4n) is 4.36. The lowest BCUT2D eigenvalue weighted by atomic mass is 9.75. The number of methoxy groups -OCH3 is 2. The molecule has 0 bridgehead atoms. The minimum atomic E-state index is -2.41. The van der Waals surface area contributed by atoms with Crippen LogP contribution in [0.4, 0.5) is 0 Å². The van der Waals surface area contributed by atoms with Gasteiger partial charge in [0.1, 0.15) is 6.10 Å². The zero-order valence-corrected chi connectivity index (χ0v) is 15.8. The second-order valence-electron chi connectivity index (χ2n) is 7.52. The number of piperidine rings is 1. The number of carboxylic acid groups (broad SMARTS) is 1. The minimum Gasteiger partial charge on any atom is -0.493 e. The van der Waals surface area contributed by atoms with E-state index in [0.717, 1.165) is 5.56 Å². The molecule has 1 aromatic rings. The molecule has 0 saturated carbocycles. The van der Waals surface area contributed by atoms with Crippen molar-refractivity contribution in [3.63, 3.8) is 0 Å². The molecule has 8 heteroatoms. The molecule has 8 nitrogen and oxygen atoms in total. The van der Waals surface area contributed by atoms with Gasteiger partial charge in [-0.15, -0.1) is 0 Å². The number of carboxylic acids is 1. The fraction of sp³-hybridized carbons (Fsp3) is 0.632. The van der Waals surface area contributed by atoms with Crippen LogP contribution in [0.3, 0.4) is 0 Å². The molecule has 4 atom stereocenters. The van der Waals surface area contributed by atoms with Crippen molar-refractivity contribution in [1.29, 1.82) is 0 Å². The summed E-state index contributed by atoms with van der Waals surface area (Å²) in [5.74, 6) is -3.56. The average molecular weight is 381 g/mol. The molecule has 0 amide bonds. The van der Waals surface area contributed by atoms with Gasteiger partial charge < -0.3 is 29.9 Å². The Kier molecular flexibility index (Phi) is 5.36. The number of aliphatic carboxylic acids is 1. The monoisotopic (exact) mass is 381 g/mol. The van der Waals surface area contributed by atoms with Crippen molar-refractivity contribution in [2.45, 2.75) is 37.7 Å². The third-order valence-electron chi connectivity index (χ3n) is 5.80. The molecule has 3 rings (SSSR count). The molecule has 0 aliphatic carbocycles. The van der Waals surface area contributed by atoms with Crippen LogP contribution in [-0.4, -0.2) is 70.5 Å². The number of benzene rings is 1. The molecular weight excluding hydrogens is 354 g/mol. The average Bonchev–Trinajstić information content (AvgIpc) is 2.63. The van der Waals surface area contributed by atoms with Crippen molar-refractivity contribution < 1.29 is 34.7 Å². The molecule has 0 radical (unpaired) electrons. The summed E-state index contributed by atoms with van der Waals surface area (Å²) in [5, 5.41) is 41.5. The number of ether oxygens (including phenoxy) is 2. The fourth-order valence-corrected chi connectivity index (χ4v) is 4.36. The maximum absolute atomic E-state index is 11.2. The van der Waals surface area contributed by atoms with Crippen LogP contribution in [0.1, 0.15) is 30.5 Å². The number of hydrogen-bond acceptors (Lipinski definition) is 7. The molecule has 2 heterocycles. The van der Waals surface area contributed by atoms with Gasteiger partial charge in [0, 0.05) is 19.0 Å². The predicted octanol–water partition coefficient (Wildman–Crippen LogP) is 0.385. The molecule has 0 spiro atoms. The van der Waals surface area contributed by atoms with E-state index in [9.17, 15) is 20.1 Å². The number of hydrogen-bond donors (Lipinski definition) is 4. The summed E-state index contributed by atoms with van der Waals surface area (Å²) < 4.78 is 10.7. The van der Waals surface area contributed by atoms with E-state index in [2.05, 4.69) is 0 Å². The molecule has 1 fully saturated rings. The van der Waals surface area contributed by atoms with Crippen molar-refractivity contribution in [3.8, 4) is 11.5 Å². The summed E-state index contributed by atoms with van der Waals surface area (Å²) in [5.41, 5.74) is 1.58. The van der Waals surface area contributed by atoms with Crippen LogP contribution in [0.25, 0.3) is 0 Å². The van der Waals surface area contributed by atoms with Gasteiger partial charge in [0.2, 0.25) is 5.79 Å². The van der Waals surface area contributed by atoms with E-state index < -0.39 is 35.7 Å². The van der Waals surface area contributed by atoms with Gasteiger partial charge in [0.25, 0.3) is 0 Å². The number of nitrogens with zero attached hydrogens (tertiary/aromatic N) is 1. The van der Waals surface area contributed by atoms with E-state index in [0.29, 0.717) is 36.6 Å². The summed E-state index contributed by atoms with van der Waals surface area (Å²) in [7, 11) is 3.05. The second-order valence-corrected chi connectivity index (χ2v) is 7.52. The summed E-state index contributed by atoms with van der Waals surface area (Å²) in [6, 6.07) is 2.72. The van der Waals surface area contributed by atoms with Crippen molar-refractivity contribution in [1.82, 2.24) is 4.90 Å². The second kappa shape index (κ2) is 7.27. The first kappa shape index (κ1) is 19.9. The lowest BCUT2D eigenvalue weighted by Crippen LogP contribution is -2.64. The molecule has 1 aromatic carbocycles. The van der Waals surface area contributed by atoms with Gasteiger partial charge in [-0.1, -0.05) is 6.92 Å². The topological polar surface area (TPSA) is 120 Å². The van der Waals surface area contributed by atoms with Gasteiger partial charge in [-0.05, 0) is 36.1 Å². The van der Waals surface area contributed by atoms with Crippen molar-refractivity contribution in [2.24, 2.45) is 11.8 Å². The van der Waals surface area contributed by atoms with Crippen molar-refractivity contribution in [2.75, 3.05) is 27.3 Å². The third-order valence-corrected chi connectivity index (χ3v) is 5.80. The first-order valence-corrected chi connectivity index (χ1v) is 9.05. The minimum absolute atomic E-state index is 0.168. The number of carbonyl (C=O) groups is 1. The summed E-state index contributed by atoms with van der Waals surface area (Å²) in [6.45, 7) is 2.51. The Hall–Kier alpha value is -1.87. The van der Waals surface area contributed by atoms with Crippen LogP contribution < -0.4 is 9.47 Å². The SMILES string of the molecule is COc1cc2c(cc1OC)C1N(CC2)C[C@H](CC(C)C(=O)O)C(O)C1(O)O. The number of aliphatic hydroxyl groups excluding tert-OH is 1. The van der Waals surface area contributed by atoms with E-state index in [1.165, 1.54) is 7.11 Å². The summed E-state index contributed by atoms with van der Waals surface area (Å²) in [4.78, 5) is 13.1. The smallest absolute Gasteiger partial charge is 0.306 e. The van der Waals surface area contributed by atoms with E-state index in [4.69, 9.17) is 14.6 Å². The van der Waals surface area contributed by atoms with Gasteiger partial charge >= 0.3 is 5.97 Å². The largest absolute Gasteiger partial charge is 0.493 e.